The zero-order valence-corrected chi connectivity index (χ0v) is 13.8. The third-order valence-electron chi connectivity index (χ3n) is 3.31. The Hall–Kier alpha value is -1.11. The second kappa shape index (κ2) is 5.26. The molecule has 0 radical (unpaired) electrons. The average Bonchev–Trinajstić information content (AvgIpc) is 2.64. The van der Waals surface area contributed by atoms with Crippen LogP contribution in [-0.4, -0.2) is 8.42 Å². The summed E-state index contributed by atoms with van der Waals surface area (Å²) in [5.74, 6) is -0.551. The first-order chi connectivity index (χ1) is 9.87. The van der Waals surface area contributed by atoms with Gasteiger partial charge in [-0.25, -0.2) is 12.8 Å². The summed E-state index contributed by atoms with van der Waals surface area (Å²) >= 11 is 9.17. The first kappa shape index (κ1) is 14.8. The predicted molar refractivity (Wildman–Crippen MR) is 84.4 cm³/mol. The van der Waals surface area contributed by atoms with Gasteiger partial charge in [0.25, 0.3) is 0 Å². The molecule has 0 aromatic heterocycles. The van der Waals surface area contributed by atoms with E-state index in [4.69, 9.17) is 11.6 Å². The molecule has 0 amide bonds. The number of fused-ring (bicyclic) bond motifs is 1. The first-order valence-electron chi connectivity index (χ1n) is 6.09. The molecule has 0 atom stereocenters. The molecular formula is C14H10BrClFNO2S. The van der Waals surface area contributed by atoms with Crippen molar-refractivity contribution in [1.82, 2.24) is 0 Å². The van der Waals surface area contributed by atoms with Crippen LogP contribution in [0.4, 0.5) is 10.1 Å². The highest BCUT2D eigenvalue weighted by atomic mass is 79.9. The molecule has 0 N–H and O–H groups in total. The zero-order chi connectivity index (χ0) is 15.2. The number of nitrogens with zero attached hydrogens (tertiary/aromatic N) is 1. The summed E-state index contributed by atoms with van der Waals surface area (Å²) in [6.45, 7) is -0.0661. The van der Waals surface area contributed by atoms with Gasteiger partial charge in [0.2, 0.25) is 10.0 Å². The van der Waals surface area contributed by atoms with Gasteiger partial charge >= 0.3 is 0 Å². The minimum Gasteiger partial charge on any atom is -0.265 e. The summed E-state index contributed by atoms with van der Waals surface area (Å²) in [6, 6.07) is 9.37. The largest absolute Gasteiger partial charge is 0.265 e. The van der Waals surface area contributed by atoms with E-state index < -0.39 is 15.8 Å². The number of hydrogen-bond donors (Lipinski definition) is 0. The summed E-state index contributed by atoms with van der Waals surface area (Å²) in [7, 11) is -3.49. The summed E-state index contributed by atoms with van der Waals surface area (Å²) in [5, 5.41) is 0.374. The fraction of sp³-hybridized carbons (Fsp3) is 0.143. The van der Waals surface area contributed by atoms with Crippen molar-refractivity contribution < 1.29 is 12.8 Å². The molecule has 0 unspecified atom stereocenters. The van der Waals surface area contributed by atoms with Gasteiger partial charge in [0.05, 0.1) is 18.0 Å². The van der Waals surface area contributed by atoms with E-state index in [0.29, 0.717) is 16.3 Å². The summed E-state index contributed by atoms with van der Waals surface area (Å²) in [4.78, 5) is 0. The maximum absolute atomic E-state index is 13.8. The van der Waals surface area contributed by atoms with Gasteiger partial charge in [-0.1, -0.05) is 27.5 Å². The Balaban J connectivity index is 2.04. The molecule has 3 rings (SSSR count). The van der Waals surface area contributed by atoms with Gasteiger partial charge in [0.1, 0.15) is 5.82 Å². The molecular weight excluding hydrogens is 381 g/mol. The van der Waals surface area contributed by atoms with Crippen LogP contribution in [0.2, 0.25) is 5.02 Å². The standard InChI is InChI=1S/C14H10BrClFNO2S/c15-11-1-4-14-10(5-11)8-21(19,20)18(14)7-9-6-12(16)2-3-13(9)17/h1-6H,7-8H2. The van der Waals surface area contributed by atoms with Crippen molar-refractivity contribution in [3.8, 4) is 0 Å². The molecule has 0 fully saturated rings. The lowest BCUT2D eigenvalue weighted by atomic mass is 10.1. The lowest BCUT2D eigenvalue weighted by Crippen LogP contribution is -2.26. The van der Waals surface area contributed by atoms with E-state index in [-0.39, 0.29) is 17.9 Å². The van der Waals surface area contributed by atoms with Gasteiger partial charge in [-0.05, 0) is 42.0 Å². The quantitative estimate of drug-likeness (QED) is 0.774. The van der Waals surface area contributed by atoms with Crippen LogP contribution in [0.1, 0.15) is 11.1 Å². The van der Waals surface area contributed by atoms with Crippen LogP contribution >= 0.6 is 27.5 Å². The molecule has 1 heterocycles. The Kier molecular flexibility index (Phi) is 3.71. The fourth-order valence-corrected chi connectivity index (χ4v) is 4.54. The third-order valence-corrected chi connectivity index (χ3v) is 5.71. The van der Waals surface area contributed by atoms with E-state index >= 15 is 0 Å². The molecule has 0 aliphatic carbocycles. The Morgan fingerprint density at radius 2 is 2.00 bits per heavy atom. The number of anilines is 1. The van der Waals surface area contributed by atoms with Gasteiger partial charge in [0.15, 0.2) is 0 Å². The van der Waals surface area contributed by atoms with Gasteiger partial charge in [-0.3, -0.25) is 4.31 Å². The second-order valence-corrected chi connectivity index (χ2v) is 8.02. The smallest absolute Gasteiger partial charge is 0.239 e. The van der Waals surface area contributed by atoms with E-state index in [2.05, 4.69) is 15.9 Å². The number of benzene rings is 2. The van der Waals surface area contributed by atoms with Gasteiger partial charge < -0.3 is 0 Å². The minimum atomic E-state index is -3.49. The van der Waals surface area contributed by atoms with E-state index in [1.165, 1.54) is 22.5 Å². The SMILES string of the molecule is O=S1(=O)Cc2cc(Br)ccc2N1Cc1cc(Cl)ccc1F. The fourth-order valence-electron chi connectivity index (χ4n) is 2.34. The van der Waals surface area contributed by atoms with Gasteiger partial charge in [-0.15, -0.1) is 0 Å². The average molecular weight is 391 g/mol. The molecule has 2 aromatic carbocycles. The Labute approximate surface area is 135 Å². The van der Waals surface area contributed by atoms with E-state index in [1.54, 1.807) is 18.2 Å². The Morgan fingerprint density at radius 1 is 1.24 bits per heavy atom. The molecule has 0 spiro atoms. The number of halogens is 3. The van der Waals surface area contributed by atoms with Crippen LogP contribution in [0.5, 0.6) is 0 Å². The van der Waals surface area contributed by atoms with Crippen LogP contribution in [0.3, 0.4) is 0 Å². The molecule has 110 valence electrons. The van der Waals surface area contributed by atoms with Crippen LogP contribution in [-0.2, 0) is 22.3 Å². The van der Waals surface area contributed by atoms with Crippen molar-refractivity contribution >= 4 is 43.2 Å². The molecule has 3 nitrogen and oxygen atoms in total. The molecule has 21 heavy (non-hydrogen) atoms. The van der Waals surface area contributed by atoms with Crippen molar-refractivity contribution in [3.05, 3.63) is 62.8 Å². The Bertz CT molecular complexity index is 826. The summed E-state index contributed by atoms with van der Waals surface area (Å²) < 4.78 is 40.4. The van der Waals surface area contributed by atoms with Crippen molar-refractivity contribution in [2.24, 2.45) is 0 Å². The van der Waals surface area contributed by atoms with Gasteiger partial charge in [-0.2, -0.15) is 0 Å². The van der Waals surface area contributed by atoms with Crippen molar-refractivity contribution in [1.29, 1.82) is 0 Å². The van der Waals surface area contributed by atoms with Gasteiger partial charge in [0, 0.05) is 15.1 Å². The monoisotopic (exact) mass is 389 g/mol. The van der Waals surface area contributed by atoms with E-state index in [1.807, 2.05) is 0 Å². The maximum atomic E-state index is 13.8. The second-order valence-electron chi connectivity index (χ2n) is 4.77. The minimum absolute atomic E-state index is 0.0661. The molecule has 2 aromatic rings. The predicted octanol–water partition coefficient (Wildman–Crippen LogP) is 4.09. The van der Waals surface area contributed by atoms with Crippen molar-refractivity contribution in [3.63, 3.8) is 0 Å². The van der Waals surface area contributed by atoms with Crippen LogP contribution < -0.4 is 4.31 Å². The van der Waals surface area contributed by atoms with Crippen molar-refractivity contribution in [2.75, 3.05) is 4.31 Å². The molecule has 0 bridgehead atoms. The van der Waals surface area contributed by atoms with Crippen LogP contribution in [0.25, 0.3) is 0 Å². The normalized spacial score (nSPS) is 16.0. The van der Waals surface area contributed by atoms with Crippen LogP contribution in [0, 0.1) is 5.82 Å². The van der Waals surface area contributed by atoms with E-state index in [9.17, 15) is 12.8 Å². The molecule has 7 heteroatoms. The Morgan fingerprint density at radius 3 is 2.76 bits per heavy atom. The highest BCUT2D eigenvalue weighted by Crippen LogP contribution is 2.36. The number of hydrogen-bond acceptors (Lipinski definition) is 2. The highest BCUT2D eigenvalue weighted by molar-refractivity contribution is 9.10. The number of rotatable bonds is 2. The third kappa shape index (κ3) is 2.80. The van der Waals surface area contributed by atoms with Crippen molar-refractivity contribution in [2.45, 2.75) is 12.3 Å². The summed E-state index contributed by atoms with van der Waals surface area (Å²) in [5.41, 5.74) is 1.53. The van der Waals surface area contributed by atoms with E-state index in [0.717, 1.165) is 4.47 Å². The first-order valence-corrected chi connectivity index (χ1v) is 8.87. The lowest BCUT2D eigenvalue weighted by Gasteiger charge is -2.19. The number of sulfonamides is 1. The molecule has 1 aliphatic heterocycles. The summed E-state index contributed by atoms with van der Waals surface area (Å²) in [6.07, 6.45) is 0. The molecule has 0 saturated carbocycles. The zero-order valence-electron chi connectivity index (χ0n) is 10.7. The highest BCUT2D eigenvalue weighted by Gasteiger charge is 2.33. The molecule has 1 aliphatic rings. The topological polar surface area (TPSA) is 37.4 Å². The lowest BCUT2D eigenvalue weighted by molar-refractivity contribution is 0.588. The molecule has 0 saturated heterocycles. The maximum Gasteiger partial charge on any atom is 0.239 e. The van der Waals surface area contributed by atoms with Crippen LogP contribution in [0.15, 0.2) is 40.9 Å².